The molecule has 0 radical (unpaired) electrons. The quantitative estimate of drug-likeness (QED) is 0.678. The minimum atomic E-state index is -0.262. The number of nitrogens with one attached hydrogen (secondary N) is 2. The Balaban J connectivity index is 1.62. The Labute approximate surface area is 160 Å². The van der Waals surface area contributed by atoms with Crippen LogP contribution in [0.4, 0.5) is 10.5 Å². The number of carbonyl (C=O) groups excluding carboxylic acids is 1. The van der Waals surface area contributed by atoms with Gasteiger partial charge in [-0.15, -0.1) is 0 Å². The van der Waals surface area contributed by atoms with Gasteiger partial charge in [0.25, 0.3) is 0 Å². The summed E-state index contributed by atoms with van der Waals surface area (Å²) in [6.45, 7) is 5.28. The Morgan fingerprint density at radius 3 is 2.63 bits per heavy atom. The highest BCUT2D eigenvalue weighted by Gasteiger charge is 2.09. The molecule has 2 N–H and O–H groups in total. The van der Waals surface area contributed by atoms with Gasteiger partial charge in [0.2, 0.25) is 0 Å². The fraction of sp³-hybridized carbons (Fsp3) is 0.227. The lowest BCUT2D eigenvalue weighted by atomic mass is 10.1. The van der Waals surface area contributed by atoms with Crippen LogP contribution < -0.4 is 15.4 Å². The van der Waals surface area contributed by atoms with Crippen molar-refractivity contribution in [3.05, 3.63) is 83.2 Å². The van der Waals surface area contributed by atoms with Gasteiger partial charge in [0.05, 0.1) is 19.3 Å². The number of urea groups is 1. The van der Waals surface area contributed by atoms with Crippen LogP contribution in [-0.2, 0) is 13.1 Å². The van der Waals surface area contributed by atoms with Crippen LogP contribution in [0.2, 0.25) is 0 Å². The third kappa shape index (κ3) is 4.91. The molecule has 0 aliphatic carbocycles. The first kappa shape index (κ1) is 18.6. The number of ether oxygens (including phenoxy) is 1. The first-order valence-corrected chi connectivity index (χ1v) is 8.94. The maximum absolute atomic E-state index is 12.3. The molecule has 5 nitrogen and oxygen atoms in total. The second-order valence-electron chi connectivity index (χ2n) is 6.63. The number of amides is 2. The predicted octanol–water partition coefficient (Wildman–Crippen LogP) is 4.48. The van der Waals surface area contributed by atoms with E-state index in [-0.39, 0.29) is 6.03 Å². The standard InChI is InChI=1S/C22H25N3O2/c1-16-6-4-7-18(12-16)15-25-11-5-8-19(25)14-23-22(26)24-20-13-17(2)9-10-21(20)27-3/h4-13H,14-15H2,1-3H3,(H2,23,24,26). The van der Waals surface area contributed by atoms with Crippen molar-refractivity contribution in [3.63, 3.8) is 0 Å². The number of carbonyl (C=O) groups is 1. The van der Waals surface area contributed by atoms with Crippen LogP contribution in [0.5, 0.6) is 5.75 Å². The Morgan fingerprint density at radius 1 is 1.04 bits per heavy atom. The third-order valence-corrected chi connectivity index (χ3v) is 4.39. The van der Waals surface area contributed by atoms with Crippen LogP contribution in [0.1, 0.15) is 22.4 Å². The van der Waals surface area contributed by atoms with Crippen LogP contribution in [-0.4, -0.2) is 17.7 Å². The number of hydrogen-bond donors (Lipinski definition) is 2. The van der Waals surface area contributed by atoms with Crippen LogP contribution >= 0.6 is 0 Å². The van der Waals surface area contributed by atoms with Crippen LogP contribution in [0, 0.1) is 13.8 Å². The normalized spacial score (nSPS) is 10.5. The molecular formula is C22H25N3O2. The van der Waals surface area contributed by atoms with E-state index in [1.54, 1.807) is 7.11 Å². The van der Waals surface area contributed by atoms with E-state index >= 15 is 0 Å². The Hall–Kier alpha value is -3.21. The molecule has 0 fully saturated rings. The van der Waals surface area contributed by atoms with E-state index in [0.29, 0.717) is 18.0 Å². The molecular weight excluding hydrogens is 338 g/mol. The fourth-order valence-electron chi connectivity index (χ4n) is 3.03. The van der Waals surface area contributed by atoms with Crippen molar-refractivity contribution in [1.82, 2.24) is 9.88 Å². The van der Waals surface area contributed by atoms with E-state index in [2.05, 4.69) is 46.4 Å². The van der Waals surface area contributed by atoms with E-state index < -0.39 is 0 Å². The van der Waals surface area contributed by atoms with Gasteiger partial charge in [0.15, 0.2) is 0 Å². The third-order valence-electron chi connectivity index (χ3n) is 4.39. The van der Waals surface area contributed by atoms with Crippen LogP contribution in [0.25, 0.3) is 0 Å². The summed E-state index contributed by atoms with van der Waals surface area (Å²) in [7, 11) is 1.59. The summed E-state index contributed by atoms with van der Waals surface area (Å²) in [5, 5.41) is 5.77. The molecule has 1 aromatic heterocycles. The summed E-state index contributed by atoms with van der Waals surface area (Å²) in [6, 6.07) is 17.9. The Morgan fingerprint density at radius 2 is 1.85 bits per heavy atom. The largest absolute Gasteiger partial charge is 0.495 e. The summed E-state index contributed by atoms with van der Waals surface area (Å²) >= 11 is 0. The van der Waals surface area contributed by atoms with Crippen molar-refractivity contribution >= 4 is 11.7 Å². The summed E-state index contributed by atoms with van der Waals surface area (Å²) in [4.78, 5) is 12.3. The van der Waals surface area contributed by atoms with Crippen molar-refractivity contribution in [3.8, 4) is 5.75 Å². The van der Waals surface area contributed by atoms with E-state index in [0.717, 1.165) is 17.8 Å². The molecule has 2 amide bonds. The van der Waals surface area contributed by atoms with E-state index in [1.165, 1.54) is 11.1 Å². The van der Waals surface area contributed by atoms with E-state index in [9.17, 15) is 4.79 Å². The number of nitrogens with zero attached hydrogens (tertiary/aromatic N) is 1. The predicted molar refractivity (Wildman–Crippen MR) is 108 cm³/mol. The van der Waals surface area contributed by atoms with Crippen molar-refractivity contribution < 1.29 is 9.53 Å². The smallest absolute Gasteiger partial charge is 0.319 e. The Kier molecular flexibility index (Phi) is 5.81. The molecule has 3 aromatic rings. The zero-order valence-corrected chi connectivity index (χ0v) is 16.0. The van der Waals surface area contributed by atoms with Gasteiger partial charge in [-0.3, -0.25) is 0 Å². The van der Waals surface area contributed by atoms with Crippen LogP contribution in [0.15, 0.2) is 60.8 Å². The highest BCUT2D eigenvalue weighted by atomic mass is 16.5. The lowest BCUT2D eigenvalue weighted by Gasteiger charge is -2.13. The SMILES string of the molecule is COc1ccc(C)cc1NC(=O)NCc1cccn1Cc1cccc(C)c1. The summed E-state index contributed by atoms with van der Waals surface area (Å²) in [5.74, 6) is 0.638. The number of hydrogen-bond acceptors (Lipinski definition) is 2. The second kappa shape index (κ2) is 8.45. The number of methoxy groups -OCH3 is 1. The highest BCUT2D eigenvalue weighted by molar-refractivity contribution is 5.91. The maximum Gasteiger partial charge on any atom is 0.319 e. The van der Waals surface area contributed by atoms with Gasteiger partial charge in [-0.05, 0) is 49.2 Å². The lowest BCUT2D eigenvalue weighted by molar-refractivity contribution is 0.251. The highest BCUT2D eigenvalue weighted by Crippen LogP contribution is 2.25. The molecule has 0 spiro atoms. The molecule has 5 heteroatoms. The summed E-state index contributed by atoms with van der Waals surface area (Å²) < 4.78 is 7.44. The minimum Gasteiger partial charge on any atom is -0.495 e. The second-order valence-corrected chi connectivity index (χ2v) is 6.63. The van der Waals surface area contributed by atoms with Crippen LogP contribution in [0.3, 0.4) is 0 Å². The molecule has 27 heavy (non-hydrogen) atoms. The first-order chi connectivity index (χ1) is 13.0. The number of anilines is 1. The number of aromatic nitrogens is 1. The molecule has 1 heterocycles. The monoisotopic (exact) mass is 363 g/mol. The minimum absolute atomic E-state index is 0.262. The van der Waals surface area contributed by atoms with Gasteiger partial charge in [-0.25, -0.2) is 4.79 Å². The molecule has 0 aliphatic rings. The fourth-order valence-corrected chi connectivity index (χ4v) is 3.03. The zero-order chi connectivity index (χ0) is 19.2. The number of aryl methyl sites for hydroxylation is 2. The van der Waals surface area contributed by atoms with Gasteiger partial charge in [-0.2, -0.15) is 0 Å². The van der Waals surface area contributed by atoms with Gasteiger partial charge in [0, 0.05) is 18.4 Å². The van der Waals surface area contributed by atoms with Gasteiger partial charge >= 0.3 is 6.03 Å². The Bertz CT molecular complexity index is 931. The molecule has 0 unspecified atom stereocenters. The van der Waals surface area contributed by atoms with Gasteiger partial charge in [-0.1, -0.05) is 35.9 Å². The van der Waals surface area contributed by atoms with E-state index in [1.807, 2.05) is 43.5 Å². The molecule has 0 saturated carbocycles. The van der Waals surface area contributed by atoms with Gasteiger partial charge in [0.1, 0.15) is 5.75 Å². The molecule has 0 bridgehead atoms. The molecule has 0 atom stereocenters. The molecule has 2 aromatic carbocycles. The average Bonchev–Trinajstić information content (AvgIpc) is 3.07. The lowest BCUT2D eigenvalue weighted by Crippen LogP contribution is -2.29. The molecule has 0 saturated heterocycles. The zero-order valence-electron chi connectivity index (χ0n) is 16.0. The van der Waals surface area contributed by atoms with Crippen molar-refractivity contribution in [2.45, 2.75) is 26.9 Å². The average molecular weight is 363 g/mol. The van der Waals surface area contributed by atoms with E-state index in [4.69, 9.17) is 4.74 Å². The van der Waals surface area contributed by atoms with Crippen molar-refractivity contribution in [2.75, 3.05) is 12.4 Å². The number of rotatable bonds is 6. The number of benzene rings is 2. The maximum atomic E-state index is 12.3. The van der Waals surface area contributed by atoms with Gasteiger partial charge < -0.3 is 19.9 Å². The van der Waals surface area contributed by atoms with Crippen molar-refractivity contribution in [2.24, 2.45) is 0 Å². The topological polar surface area (TPSA) is 55.3 Å². The van der Waals surface area contributed by atoms with Crippen molar-refractivity contribution in [1.29, 1.82) is 0 Å². The molecule has 0 aliphatic heterocycles. The first-order valence-electron chi connectivity index (χ1n) is 8.94. The summed E-state index contributed by atoms with van der Waals surface area (Å²) in [5.41, 5.74) is 5.23. The molecule has 3 rings (SSSR count). The summed E-state index contributed by atoms with van der Waals surface area (Å²) in [6.07, 6.45) is 2.03. The molecule has 140 valence electrons.